The molecule has 4 rings (SSSR count). The third-order valence-corrected chi connectivity index (χ3v) is 5.97. The Bertz CT molecular complexity index is 1050. The number of ether oxygens (including phenoxy) is 1. The van der Waals surface area contributed by atoms with E-state index in [9.17, 15) is 9.59 Å². The number of esters is 1. The number of nitrogens with one attached hydrogen (secondary N) is 2. The Morgan fingerprint density at radius 3 is 2.68 bits per heavy atom. The minimum atomic E-state index is -0.786. The van der Waals surface area contributed by atoms with Crippen molar-refractivity contribution in [3.63, 3.8) is 0 Å². The molecule has 0 fully saturated rings. The highest BCUT2D eigenvalue weighted by molar-refractivity contribution is 9.10. The van der Waals surface area contributed by atoms with Gasteiger partial charge in [-0.3, -0.25) is 0 Å². The number of rotatable bonds is 5. The zero-order valence-electron chi connectivity index (χ0n) is 17.0. The molecule has 2 N–H and O–H groups in total. The zero-order chi connectivity index (χ0) is 21.8. The number of carbonyl (C=O) groups excluding carboxylic acids is 2. The third kappa shape index (κ3) is 4.64. The fourth-order valence-corrected chi connectivity index (χ4v) is 4.16. The van der Waals surface area contributed by atoms with E-state index in [1.54, 1.807) is 11.2 Å². The van der Waals surface area contributed by atoms with E-state index >= 15 is 0 Å². The number of carbonyl (C=O) groups is 2. The topological polar surface area (TPSA) is 87.3 Å². The largest absolute Gasteiger partial charge is 0.467 e. The van der Waals surface area contributed by atoms with Crippen LogP contribution in [0.25, 0.3) is 0 Å². The van der Waals surface area contributed by atoms with Gasteiger partial charge in [-0.1, -0.05) is 58.4 Å². The van der Waals surface area contributed by atoms with Crippen molar-refractivity contribution < 1.29 is 14.3 Å². The number of aromatic nitrogens is 2. The molecule has 0 radical (unpaired) electrons. The van der Waals surface area contributed by atoms with Gasteiger partial charge < -0.3 is 19.9 Å². The lowest BCUT2D eigenvalue weighted by Crippen LogP contribution is -2.52. The lowest BCUT2D eigenvalue weighted by atomic mass is 9.96. The summed E-state index contributed by atoms with van der Waals surface area (Å²) in [5.41, 5.74) is 3.73. The molecule has 1 aromatic heterocycles. The SMILES string of the molecule is COC(=O)C(Cc1ccccc1)NC(=O)N1CCc2[nH]cnc2C1c1ccc(Br)cc1. The molecule has 7 nitrogen and oxygen atoms in total. The van der Waals surface area contributed by atoms with E-state index in [4.69, 9.17) is 4.74 Å². The maximum absolute atomic E-state index is 13.4. The Kier molecular flexibility index (Phi) is 6.36. The van der Waals surface area contributed by atoms with Crippen molar-refractivity contribution in [2.45, 2.75) is 24.9 Å². The molecule has 2 atom stereocenters. The van der Waals surface area contributed by atoms with E-state index in [1.807, 2.05) is 54.6 Å². The van der Waals surface area contributed by atoms with Crippen molar-refractivity contribution in [3.05, 3.63) is 87.9 Å². The molecule has 1 aliphatic rings. The maximum Gasteiger partial charge on any atom is 0.328 e. The van der Waals surface area contributed by atoms with Crippen molar-refractivity contribution >= 4 is 27.9 Å². The first kappa shape index (κ1) is 21.1. The molecular formula is C23H23BrN4O3. The summed E-state index contributed by atoms with van der Waals surface area (Å²) in [7, 11) is 1.33. The summed E-state index contributed by atoms with van der Waals surface area (Å²) in [6, 6.07) is 15.9. The first-order chi connectivity index (χ1) is 15.1. The van der Waals surface area contributed by atoms with Gasteiger partial charge in [0.05, 0.1) is 19.1 Å². The highest BCUT2D eigenvalue weighted by atomic mass is 79.9. The van der Waals surface area contributed by atoms with Gasteiger partial charge in [0.2, 0.25) is 0 Å². The van der Waals surface area contributed by atoms with Gasteiger partial charge in [-0.2, -0.15) is 0 Å². The average Bonchev–Trinajstić information content (AvgIpc) is 3.27. The number of fused-ring (bicyclic) bond motifs is 1. The summed E-state index contributed by atoms with van der Waals surface area (Å²) < 4.78 is 5.90. The van der Waals surface area contributed by atoms with E-state index in [-0.39, 0.29) is 12.1 Å². The van der Waals surface area contributed by atoms with Crippen LogP contribution in [-0.4, -0.2) is 46.6 Å². The second-order valence-electron chi connectivity index (χ2n) is 7.38. The van der Waals surface area contributed by atoms with Crippen molar-refractivity contribution in [1.82, 2.24) is 20.2 Å². The summed E-state index contributed by atoms with van der Waals surface area (Å²) >= 11 is 3.46. The van der Waals surface area contributed by atoms with Gasteiger partial charge in [0, 0.05) is 29.6 Å². The molecule has 0 aliphatic carbocycles. The highest BCUT2D eigenvalue weighted by Crippen LogP contribution is 2.34. The minimum absolute atomic E-state index is 0.326. The lowest BCUT2D eigenvalue weighted by Gasteiger charge is -2.36. The van der Waals surface area contributed by atoms with Crippen LogP contribution in [0.1, 0.15) is 28.6 Å². The predicted molar refractivity (Wildman–Crippen MR) is 119 cm³/mol. The molecule has 8 heteroatoms. The van der Waals surface area contributed by atoms with Crippen LogP contribution in [0.3, 0.4) is 0 Å². The van der Waals surface area contributed by atoms with Crippen LogP contribution in [0.15, 0.2) is 65.4 Å². The Morgan fingerprint density at radius 1 is 1.23 bits per heavy atom. The summed E-state index contributed by atoms with van der Waals surface area (Å²) in [6.45, 7) is 0.501. The number of hydrogen-bond acceptors (Lipinski definition) is 4. The second kappa shape index (κ2) is 9.34. The van der Waals surface area contributed by atoms with Gasteiger partial charge in [-0.25, -0.2) is 14.6 Å². The fraction of sp³-hybridized carbons (Fsp3) is 0.261. The third-order valence-electron chi connectivity index (χ3n) is 5.44. The number of hydrogen-bond donors (Lipinski definition) is 2. The van der Waals surface area contributed by atoms with Gasteiger partial charge in [-0.05, 0) is 23.3 Å². The summed E-state index contributed by atoms with van der Waals surface area (Å²) in [5.74, 6) is -0.477. The number of methoxy groups -OCH3 is 1. The van der Waals surface area contributed by atoms with Crippen LogP contribution < -0.4 is 5.32 Å². The van der Waals surface area contributed by atoms with Crippen molar-refractivity contribution in [3.8, 4) is 0 Å². The molecule has 2 unspecified atom stereocenters. The smallest absolute Gasteiger partial charge is 0.328 e. The molecule has 1 aliphatic heterocycles. The standard InChI is InChI=1S/C23H23BrN4O3/c1-31-22(29)19(13-15-5-3-2-4-6-15)27-23(30)28-12-11-18-20(26-14-25-18)21(28)16-7-9-17(24)10-8-16/h2-10,14,19,21H,11-13H2,1H3,(H,25,26)(H,27,30). The number of halogens is 1. The Balaban J connectivity index is 1.60. The molecule has 2 aromatic carbocycles. The Hall–Kier alpha value is -3.13. The normalized spacial score (nSPS) is 16.3. The van der Waals surface area contributed by atoms with Gasteiger partial charge in [0.1, 0.15) is 12.1 Å². The monoisotopic (exact) mass is 482 g/mol. The van der Waals surface area contributed by atoms with Gasteiger partial charge in [0.15, 0.2) is 0 Å². The number of nitrogens with zero attached hydrogens (tertiary/aromatic N) is 2. The predicted octanol–water partition coefficient (Wildman–Crippen LogP) is 3.61. The zero-order valence-corrected chi connectivity index (χ0v) is 18.6. The average molecular weight is 483 g/mol. The molecule has 0 saturated carbocycles. The lowest BCUT2D eigenvalue weighted by molar-refractivity contribution is -0.142. The quantitative estimate of drug-likeness (QED) is 0.543. The van der Waals surface area contributed by atoms with E-state index in [2.05, 4.69) is 31.2 Å². The van der Waals surface area contributed by atoms with Crippen LogP contribution in [-0.2, 0) is 22.4 Å². The van der Waals surface area contributed by atoms with Crippen LogP contribution in [0.5, 0.6) is 0 Å². The Labute approximate surface area is 189 Å². The number of H-pyrrole nitrogens is 1. The number of benzene rings is 2. The Morgan fingerprint density at radius 2 is 1.97 bits per heavy atom. The molecule has 160 valence electrons. The molecule has 3 aromatic rings. The second-order valence-corrected chi connectivity index (χ2v) is 8.29. The number of aromatic amines is 1. The summed E-state index contributed by atoms with van der Waals surface area (Å²) in [4.78, 5) is 35.2. The highest BCUT2D eigenvalue weighted by Gasteiger charge is 2.35. The molecule has 0 bridgehead atoms. The summed E-state index contributed by atoms with van der Waals surface area (Å²) in [5, 5.41) is 2.89. The summed E-state index contributed by atoms with van der Waals surface area (Å²) in [6.07, 6.45) is 2.67. The van der Waals surface area contributed by atoms with Crippen molar-refractivity contribution in [2.75, 3.05) is 13.7 Å². The van der Waals surface area contributed by atoms with Gasteiger partial charge in [-0.15, -0.1) is 0 Å². The molecule has 0 spiro atoms. The molecule has 2 heterocycles. The van der Waals surface area contributed by atoms with Crippen LogP contribution in [0.2, 0.25) is 0 Å². The number of imidazole rings is 1. The first-order valence-electron chi connectivity index (χ1n) is 10.0. The van der Waals surface area contributed by atoms with E-state index in [1.165, 1.54) is 7.11 Å². The van der Waals surface area contributed by atoms with Crippen LogP contribution in [0.4, 0.5) is 4.79 Å². The molecular weight excluding hydrogens is 460 g/mol. The van der Waals surface area contributed by atoms with Crippen LogP contribution >= 0.6 is 15.9 Å². The van der Waals surface area contributed by atoms with Gasteiger partial charge >= 0.3 is 12.0 Å². The maximum atomic E-state index is 13.4. The molecule has 0 saturated heterocycles. The fourth-order valence-electron chi connectivity index (χ4n) is 3.90. The van der Waals surface area contributed by atoms with E-state index < -0.39 is 12.0 Å². The number of amides is 2. The van der Waals surface area contributed by atoms with E-state index in [0.717, 1.165) is 27.0 Å². The molecule has 31 heavy (non-hydrogen) atoms. The van der Waals surface area contributed by atoms with E-state index in [0.29, 0.717) is 19.4 Å². The van der Waals surface area contributed by atoms with Crippen molar-refractivity contribution in [2.24, 2.45) is 0 Å². The first-order valence-corrected chi connectivity index (χ1v) is 10.8. The minimum Gasteiger partial charge on any atom is -0.467 e. The van der Waals surface area contributed by atoms with Crippen LogP contribution in [0, 0.1) is 0 Å². The van der Waals surface area contributed by atoms with Crippen molar-refractivity contribution in [1.29, 1.82) is 0 Å². The number of urea groups is 1. The molecule has 2 amide bonds. The van der Waals surface area contributed by atoms with Gasteiger partial charge in [0.25, 0.3) is 0 Å².